The first-order chi connectivity index (χ1) is 11.1. The zero-order valence-corrected chi connectivity index (χ0v) is 13.1. The van der Waals surface area contributed by atoms with E-state index < -0.39 is 5.97 Å². The molecule has 1 aromatic heterocycles. The largest absolute Gasteiger partial charge is 0.486 e. The Hall–Kier alpha value is -2.82. The SMILES string of the molecule is CCn1c(COc2ccc(C)cc2)nc2cc(C(=O)O)ccc21. The summed E-state index contributed by atoms with van der Waals surface area (Å²) in [6.07, 6.45) is 0. The summed E-state index contributed by atoms with van der Waals surface area (Å²) in [5.74, 6) is 0.623. The second-order valence-corrected chi connectivity index (χ2v) is 5.38. The van der Waals surface area contributed by atoms with Crippen LogP contribution in [0.1, 0.15) is 28.7 Å². The molecule has 5 heteroatoms. The standard InChI is InChI=1S/C18H18N2O3/c1-3-20-16-9-6-13(18(21)22)10-15(16)19-17(20)11-23-14-7-4-12(2)5-8-14/h4-10H,3,11H2,1-2H3,(H,21,22). The van der Waals surface area contributed by atoms with E-state index in [4.69, 9.17) is 9.84 Å². The first-order valence-electron chi connectivity index (χ1n) is 7.50. The highest BCUT2D eigenvalue weighted by Crippen LogP contribution is 2.20. The quantitative estimate of drug-likeness (QED) is 0.781. The molecule has 0 atom stereocenters. The molecule has 0 aliphatic rings. The molecule has 0 amide bonds. The fourth-order valence-corrected chi connectivity index (χ4v) is 2.56. The van der Waals surface area contributed by atoms with Gasteiger partial charge in [-0.05, 0) is 44.2 Å². The molecule has 118 valence electrons. The van der Waals surface area contributed by atoms with Gasteiger partial charge in [-0.2, -0.15) is 0 Å². The second kappa shape index (κ2) is 6.12. The van der Waals surface area contributed by atoms with Gasteiger partial charge >= 0.3 is 5.97 Å². The fraction of sp³-hybridized carbons (Fsp3) is 0.222. The van der Waals surface area contributed by atoms with Crippen molar-refractivity contribution in [2.45, 2.75) is 27.0 Å². The first-order valence-corrected chi connectivity index (χ1v) is 7.50. The minimum atomic E-state index is -0.949. The summed E-state index contributed by atoms with van der Waals surface area (Å²) in [4.78, 5) is 15.6. The number of imidazole rings is 1. The van der Waals surface area contributed by atoms with Gasteiger partial charge in [-0.15, -0.1) is 0 Å². The van der Waals surface area contributed by atoms with Crippen LogP contribution >= 0.6 is 0 Å². The molecule has 1 heterocycles. The third-order valence-electron chi connectivity index (χ3n) is 3.78. The van der Waals surface area contributed by atoms with E-state index in [0.717, 1.165) is 23.6 Å². The minimum Gasteiger partial charge on any atom is -0.486 e. The number of carbonyl (C=O) groups is 1. The molecule has 0 aliphatic carbocycles. The Morgan fingerprint density at radius 1 is 1.22 bits per heavy atom. The predicted molar refractivity (Wildman–Crippen MR) is 87.9 cm³/mol. The highest BCUT2D eigenvalue weighted by Gasteiger charge is 2.12. The molecule has 3 rings (SSSR count). The molecule has 1 N–H and O–H groups in total. The van der Waals surface area contributed by atoms with E-state index >= 15 is 0 Å². The van der Waals surface area contributed by atoms with Crippen molar-refractivity contribution in [3.8, 4) is 5.75 Å². The Bertz CT molecular complexity index is 851. The molecule has 0 unspecified atom stereocenters. The average molecular weight is 310 g/mol. The van der Waals surface area contributed by atoms with Gasteiger partial charge in [0.15, 0.2) is 0 Å². The minimum absolute atomic E-state index is 0.240. The second-order valence-electron chi connectivity index (χ2n) is 5.38. The van der Waals surface area contributed by atoms with Crippen molar-refractivity contribution >= 4 is 17.0 Å². The summed E-state index contributed by atoms with van der Waals surface area (Å²) < 4.78 is 7.83. The van der Waals surface area contributed by atoms with Gasteiger partial charge in [-0.25, -0.2) is 9.78 Å². The lowest BCUT2D eigenvalue weighted by Crippen LogP contribution is -2.06. The van der Waals surface area contributed by atoms with Gasteiger partial charge in [0.05, 0.1) is 16.6 Å². The number of hydrogen-bond acceptors (Lipinski definition) is 3. The maximum absolute atomic E-state index is 11.1. The van der Waals surface area contributed by atoms with Crippen LogP contribution in [0.25, 0.3) is 11.0 Å². The Kier molecular flexibility index (Phi) is 4.02. The molecule has 0 radical (unpaired) electrons. The van der Waals surface area contributed by atoms with Crippen molar-refractivity contribution in [1.29, 1.82) is 0 Å². The Morgan fingerprint density at radius 3 is 2.61 bits per heavy atom. The van der Waals surface area contributed by atoms with Crippen molar-refractivity contribution in [3.63, 3.8) is 0 Å². The normalized spacial score (nSPS) is 10.9. The lowest BCUT2D eigenvalue weighted by Gasteiger charge is -2.08. The molecule has 3 aromatic rings. The molecule has 0 bridgehead atoms. The van der Waals surface area contributed by atoms with E-state index in [9.17, 15) is 4.79 Å². The van der Waals surface area contributed by atoms with Crippen molar-refractivity contribution in [2.24, 2.45) is 0 Å². The van der Waals surface area contributed by atoms with Crippen LogP contribution in [0.2, 0.25) is 0 Å². The lowest BCUT2D eigenvalue weighted by atomic mass is 10.2. The Balaban J connectivity index is 1.90. The number of carboxylic acid groups (broad SMARTS) is 1. The summed E-state index contributed by atoms with van der Waals surface area (Å²) in [5.41, 5.74) is 3.01. The number of aromatic nitrogens is 2. The van der Waals surface area contributed by atoms with E-state index in [1.54, 1.807) is 18.2 Å². The number of nitrogens with zero attached hydrogens (tertiary/aromatic N) is 2. The van der Waals surface area contributed by atoms with Crippen molar-refractivity contribution < 1.29 is 14.6 Å². The maximum atomic E-state index is 11.1. The van der Waals surface area contributed by atoms with Crippen LogP contribution in [0.5, 0.6) is 5.75 Å². The molecule has 2 aromatic carbocycles. The van der Waals surface area contributed by atoms with Gasteiger partial charge in [0.2, 0.25) is 0 Å². The molecular formula is C18H18N2O3. The number of rotatable bonds is 5. The fourth-order valence-electron chi connectivity index (χ4n) is 2.56. The van der Waals surface area contributed by atoms with E-state index in [1.165, 1.54) is 5.56 Å². The number of carboxylic acids is 1. The number of benzene rings is 2. The molecule has 0 fully saturated rings. The number of ether oxygens (including phenoxy) is 1. The number of aromatic carboxylic acids is 1. The van der Waals surface area contributed by atoms with Crippen LogP contribution in [0.3, 0.4) is 0 Å². The molecule has 23 heavy (non-hydrogen) atoms. The molecule has 5 nitrogen and oxygen atoms in total. The summed E-state index contributed by atoms with van der Waals surface area (Å²) in [6.45, 7) is 5.14. The van der Waals surface area contributed by atoms with Crippen molar-refractivity contribution in [2.75, 3.05) is 0 Å². The summed E-state index contributed by atoms with van der Waals surface area (Å²) in [5, 5.41) is 9.09. The maximum Gasteiger partial charge on any atom is 0.335 e. The van der Waals surface area contributed by atoms with Crippen LogP contribution < -0.4 is 4.74 Å². The number of fused-ring (bicyclic) bond motifs is 1. The highest BCUT2D eigenvalue weighted by atomic mass is 16.5. The van der Waals surface area contributed by atoms with Crippen LogP contribution in [0.4, 0.5) is 0 Å². The van der Waals surface area contributed by atoms with Gasteiger partial charge < -0.3 is 14.4 Å². The van der Waals surface area contributed by atoms with Gasteiger partial charge in [-0.1, -0.05) is 17.7 Å². The van der Waals surface area contributed by atoms with Crippen molar-refractivity contribution in [3.05, 3.63) is 59.4 Å². The number of aryl methyl sites for hydroxylation is 2. The zero-order valence-electron chi connectivity index (χ0n) is 13.1. The smallest absolute Gasteiger partial charge is 0.335 e. The van der Waals surface area contributed by atoms with E-state index in [2.05, 4.69) is 4.98 Å². The number of hydrogen-bond donors (Lipinski definition) is 1. The van der Waals surface area contributed by atoms with Crippen LogP contribution in [-0.2, 0) is 13.2 Å². The van der Waals surface area contributed by atoms with Gasteiger partial charge in [0.25, 0.3) is 0 Å². The van der Waals surface area contributed by atoms with Gasteiger partial charge in [0.1, 0.15) is 18.2 Å². The monoisotopic (exact) mass is 310 g/mol. The summed E-state index contributed by atoms with van der Waals surface area (Å²) >= 11 is 0. The first kappa shape index (κ1) is 15.1. The van der Waals surface area contributed by atoms with Crippen LogP contribution in [-0.4, -0.2) is 20.6 Å². The Morgan fingerprint density at radius 2 is 1.96 bits per heavy atom. The molecule has 0 spiro atoms. The lowest BCUT2D eigenvalue weighted by molar-refractivity contribution is 0.0697. The molecule has 0 saturated carbocycles. The topological polar surface area (TPSA) is 64.4 Å². The molecular weight excluding hydrogens is 292 g/mol. The highest BCUT2D eigenvalue weighted by molar-refractivity contribution is 5.92. The van der Waals surface area contributed by atoms with E-state index in [-0.39, 0.29) is 5.56 Å². The third kappa shape index (κ3) is 3.04. The Labute approximate surface area is 134 Å². The summed E-state index contributed by atoms with van der Waals surface area (Å²) in [7, 11) is 0. The van der Waals surface area contributed by atoms with E-state index in [1.807, 2.05) is 42.7 Å². The van der Waals surface area contributed by atoms with Gasteiger partial charge in [0, 0.05) is 6.54 Å². The van der Waals surface area contributed by atoms with Gasteiger partial charge in [-0.3, -0.25) is 0 Å². The predicted octanol–water partition coefficient (Wildman–Crippen LogP) is 3.64. The van der Waals surface area contributed by atoms with Crippen LogP contribution in [0, 0.1) is 6.92 Å². The summed E-state index contributed by atoms with van der Waals surface area (Å²) in [6, 6.07) is 12.8. The average Bonchev–Trinajstić information content (AvgIpc) is 2.90. The molecule has 0 aliphatic heterocycles. The van der Waals surface area contributed by atoms with E-state index in [0.29, 0.717) is 12.1 Å². The van der Waals surface area contributed by atoms with Crippen LogP contribution in [0.15, 0.2) is 42.5 Å². The molecule has 0 saturated heterocycles. The van der Waals surface area contributed by atoms with Crippen molar-refractivity contribution in [1.82, 2.24) is 9.55 Å². The zero-order chi connectivity index (χ0) is 16.4. The third-order valence-corrected chi connectivity index (χ3v) is 3.78.